The third-order valence-corrected chi connectivity index (χ3v) is 1.02. The van der Waals surface area contributed by atoms with Crippen molar-refractivity contribution in [2.24, 2.45) is 0 Å². The average molecular weight is 137 g/mol. The van der Waals surface area contributed by atoms with Gasteiger partial charge in [-0.25, -0.2) is 0 Å². The Balaban J connectivity index is 2.72. The molecule has 0 aromatic carbocycles. The number of hydrogen-bond donors (Lipinski definition) is 1. The van der Waals surface area contributed by atoms with Gasteiger partial charge in [-0.2, -0.15) is 0 Å². The quantitative estimate of drug-likeness (QED) is 0.341. The van der Waals surface area contributed by atoms with E-state index in [9.17, 15) is 0 Å². The number of likely N-dealkylation sites (N-methyl/N-ethyl adjacent to an activating group) is 1. The Bertz CT molecular complexity index is 47.7. The van der Waals surface area contributed by atoms with Crippen molar-refractivity contribution in [1.82, 2.24) is 10.2 Å². The summed E-state index contributed by atoms with van der Waals surface area (Å²) in [6, 6.07) is 0.549. The zero-order chi connectivity index (χ0) is 6.41. The predicted octanol–water partition coefficient (Wildman–Crippen LogP) is 0.334. The van der Waals surface area contributed by atoms with Crippen molar-refractivity contribution >= 4 is 11.6 Å². The standard InChI is InChI=1S/C5H13ClN2/c1-8(2)4-3-7-5-6/h7H,3-5H2,1-2H3. The van der Waals surface area contributed by atoms with Crippen molar-refractivity contribution in [3.8, 4) is 0 Å². The van der Waals surface area contributed by atoms with Crippen LogP contribution < -0.4 is 5.32 Å². The van der Waals surface area contributed by atoms with Crippen LogP contribution in [0, 0.1) is 0 Å². The van der Waals surface area contributed by atoms with Gasteiger partial charge in [0.2, 0.25) is 0 Å². The number of alkyl halides is 1. The summed E-state index contributed by atoms with van der Waals surface area (Å²) in [7, 11) is 4.08. The Kier molecular flexibility index (Phi) is 5.49. The molecular weight excluding hydrogens is 124 g/mol. The van der Waals surface area contributed by atoms with Crippen molar-refractivity contribution < 1.29 is 0 Å². The zero-order valence-electron chi connectivity index (χ0n) is 5.45. The molecule has 2 nitrogen and oxygen atoms in total. The summed E-state index contributed by atoms with van der Waals surface area (Å²) in [5.74, 6) is 0. The lowest BCUT2D eigenvalue weighted by Gasteiger charge is -2.07. The van der Waals surface area contributed by atoms with Gasteiger partial charge in [0.1, 0.15) is 0 Å². The van der Waals surface area contributed by atoms with Crippen LogP contribution in [0.2, 0.25) is 0 Å². The minimum Gasteiger partial charge on any atom is -0.308 e. The summed E-state index contributed by atoms with van der Waals surface area (Å²) < 4.78 is 0. The molecule has 0 fully saturated rings. The Morgan fingerprint density at radius 3 is 2.50 bits per heavy atom. The molecule has 50 valence electrons. The maximum absolute atomic E-state index is 5.36. The molecule has 0 saturated heterocycles. The number of nitrogens with zero attached hydrogens (tertiary/aromatic N) is 1. The van der Waals surface area contributed by atoms with E-state index in [1.807, 2.05) is 14.1 Å². The molecule has 0 unspecified atom stereocenters. The SMILES string of the molecule is CN(C)CCNCCl. The summed E-state index contributed by atoms with van der Waals surface area (Å²) >= 11 is 5.36. The molecule has 0 aromatic heterocycles. The van der Waals surface area contributed by atoms with Crippen molar-refractivity contribution in [2.75, 3.05) is 33.2 Å². The predicted molar refractivity (Wildman–Crippen MR) is 37.3 cm³/mol. The van der Waals surface area contributed by atoms with Crippen LogP contribution in [0.15, 0.2) is 0 Å². The van der Waals surface area contributed by atoms with E-state index < -0.39 is 0 Å². The number of rotatable bonds is 4. The van der Waals surface area contributed by atoms with Gasteiger partial charge < -0.3 is 10.2 Å². The lowest BCUT2D eigenvalue weighted by atomic mass is 10.6. The molecule has 0 bridgehead atoms. The van der Waals surface area contributed by atoms with Crippen LogP contribution in [0.1, 0.15) is 0 Å². The molecule has 0 aromatic rings. The fourth-order valence-corrected chi connectivity index (χ4v) is 0.503. The van der Waals surface area contributed by atoms with Crippen molar-refractivity contribution in [3.05, 3.63) is 0 Å². The van der Waals surface area contributed by atoms with E-state index >= 15 is 0 Å². The lowest BCUT2D eigenvalue weighted by Crippen LogP contribution is -2.25. The second kappa shape index (κ2) is 5.35. The van der Waals surface area contributed by atoms with Crippen molar-refractivity contribution in [3.63, 3.8) is 0 Å². The lowest BCUT2D eigenvalue weighted by molar-refractivity contribution is 0.406. The van der Waals surface area contributed by atoms with Gasteiger partial charge in [0.05, 0.1) is 6.00 Å². The molecule has 0 aliphatic heterocycles. The highest BCUT2D eigenvalue weighted by molar-refractivity contribution is 6.17. The first-order chi connectivity index (χ1) is 3.77. The van der Waals surface area contributed by atoms with Crippen molar-refractivity contribution in [2.45, 2.75) is 0 Å². The van der Waals surface area contributed by atoms with Crippen molar-refractivity contribution in [1.29, 1.82) is 0 Å². The fraction of sp³-hybridized carbons (Fsp3) is 1.00. The van der Waals surface area contributed by atoms with E-state index in [2.05, 4.69) is 10.2 Å². The Hall–Kier alpha value is 0.210. The van der Waals surface area contributed by atoms with Crippen LogP contribution in [-0.4, -0.2) is 38.1 Å². The Morgan fingerprint density at radius 2 is 2.12 bits per heavy atom. The summed E-state index contributed by atoms with van der Waals surface area (Å²) in [4.78, 5) is 2.11. The number of hydrogen-bond acceptors (Lipinski definition) is 2. The molecule has 0 rings (SSSR count). The molecular formula is C5H13ClN2. The van der Waals surface area contributed by atoms with Gasteiger partial charge in [-0.3, -0.25) is 0 Å². The highest BCUT2D eigenvalue weighted by Crippen LogP contribution is 1.71. The molecule has 0 atom stereocenters. The maximum Gasteiger partial charge on any atom is 0.0713 e. The van der Waals surface area contributed by atoms with E-state index in [1.165, 1.54) is 0 Å². The molecule has 0 aliphatic rings. The molecule has 0 saturated carbocycles. The van der Waals surface area contributed by atoms with E-state index in [1.54, 1.807) is 0 Å². The third kappa shape index (κ3) is 6.21. The number of nitrogens with one attached hydrogen (secondary N) is 1. The van der Waals surface area contributed by atoms with E-state index in [4.69, 9.17) is 11.6 Å². The van der Waals surface area contributed by atoms with Crippen LogP contribution in [-0.2, 0) is 0 Å². The molecule has 0 radical (unpaired) electrons. The Morgan fingerprint density at radius 1 is 1.50 bits per heavy atom. The van der Waals surface area contributed by atoms with Gasteiger partial charge >= 0.3 is 0 Å². The van der Waals surface area contributed by atoms with Gasteiger partial charge in [0.25, 0.3) is 0 Å². The number of halogens is 1. The van der Waals surface area contributed by atoms with Gasteiger partial charge in [0.15, 0.2) is 0 Å². The van der Waals surface area contributed by atoms with Gasteiger partial charge in [-0.15, -0.1) is 11.6 Å². The third-order valence-electron chi connectivity index (χ3n) is 0.830. The monoisotopic (exact) mass is 136 g/mol. The smallest absolute Gasteiger partial charge is 0.0713 e. The normalized spacial score (nSPS) is 10.5. The Labute approximate surface area is 55.8 Å². The van der Waals surface area contributed by atoms with Gasteiger partial charge in [-0.1, -0.05) is 0 Å². The molecule has 1 N–H and O–H groups in total. The van der Waals surface area contributed by atoms with Gasteiger partial charge in [0, 0.05) is 13.1 Å². The van der Waals surface area contributed by atoms with Crippen LogP contribution in [0.5, 0.6) is 0 Å². The highest BCUT2D eigenvalue weighted by Gasteiger charge is 1.85. The van der Waals surface area contributed by atoms with Crippen LogP contribution >= 0.6 is 11.6 Å². The van der Waals surface area contributed by atoms with Crippen LogP contribution in [0.3, 0.4) is 0 Å². The summed E-state index contributed by atoms with van der Waals surface area (Å²) in [6.45, 7) is 2.02. The molecule has 3 heteroatoms. The first-order valence-corrected chi connectivity index (χ1v) is 3.22. The molecule has 0 amide bonds. The van der Waals surface area contributed by atoms with Crippen LogP contribution in [0.25, 0.3) is 0 Å². The molecule has 0 heterocycles. The van der Waals surface area contributed by atoms with E-state index in [-0.39, 0.29) is 0 Å². The second-order valence-corrected chi connectivity index (χ2v) is 2.20. The fourth-order valence-electron chi connectivity index (χ4n) is 0.369. The first-order valence-electron chi connectivity index (χ1n) is 2.69. The minimum absolute atomic E-state index is 0.549. The second-order valence-electron chi connectivity index (χ2n) is 1.94. The maximum atomic E-state index is 5.36. The summed E-state index contributed by atoms with van der Waals surface area (Å²) in [5.41, 5.74) is 0. The summed E-state index contributed by atoms with van der Waals surface area (Å²) in [6.07, 6.45) is 0. The molecule has 0 aliphatic carbocycles. The molecule has 8 heavy (non-hydrogen) atoms. The first kappa shape index (κ1) is 8.21. The van der Waals surface area contributed by atoms with Crippen LogP contribution in [0.4, 0.5) is 0 Å². The summed E-state index contributed by atoms with van der Waals surface area (Å²) in [5, 5.41) is 3.00. The minimum atomic E-state index is 0.549. The highest BCUT2D eigenvalue weighted by atomic mass is 35.5. The van der Waals surface area contributed by atoms with E-state index in [0.717, 1.165) is 13.1 Å². The average Bonchev–Trinajstić information content (AvgIpc) is 1.66. The topological polar surface area (TPSA) is 15.3 Å². The van der Waals surface area contributed by atoms with E-state index in [0.29, 0.717) is 6.00 Å². The van der Waals surface area contributed by atoms with Gasteiger partial charge in [-0.05, 0) is 14.1 Å². The largest absolute Gasteiger partial charge is 0.308 e. The molecule has 0 spiro atoms. The zero-order valence-corrected chi connectivity index (χ0v) is 6.20.